The van der Waals surface area contributed by atoms with Crippen molar-refractivity contribution < 1.29 is 4.74 Å². The van der Waals surface area contributed by atoms with E-state index in [1.165, 1.54) is 11.1 Å². The molecule has 29 heavy (non-hydrogen) atoms. The number of nitrogens with zero attached hydrogens (tertiary/aromatic N) is 2. The molecule has 4 nitrogen and oxygen atoms in total. The van der Waals surface area contributed by atoms with Crippen molar-refractivity contribution in [1.82, 2.24) is 9.78 Å². The first-order valence-electron chi connectivity index (χ1n) is 10.0. The van der Waals surface area contributed by atoms with Crippen LogP contribution < -0.4 is 10.1 Å². The predicted octanol–water partition coefficient (Wildman–Crippen LogP) is 5.01. The zero-order chi connectivity index (χ0) is 19.5. The molecule has 0 fully saturated rings. The van der Waals surface area contributed by atoms with Crippen LogP contribution in [0.3, 0.4) is 0 Å². The lowest BCUT2D eigenvalue weighted by Crippen LogP contribution is -2.05. The second-order valence-electron chi connectivity index (χ2n) is 7.29. The second kappa shape index (κ2) is 7.84. The number of anilines is 1. The summed E-state index contributed by atoms with van der Waals surface area (Å²) in [5.41, 5.74) is 5.98. The molecular formula is C25H23N3O. The first-order chi connectivity index (χ1) is 14.4. The average Bonchev–Trinajstić information content (AvgIpc) is 3.38. The highest BCUT2D eigenvalue weighted by Crippen LogP contribution is 2.30. The molecule has 1 aromatic heterocycles. The van der Waals surface area contributed by atoms with Gasteiger partial charge in [0.25, 0.3) is 0 Å². The van der Waals surface area contributed by atoms with E-state index in [1.807, 2.05) is 35.0 Å². The minimum absolute atomic E-state index is 0.570. The molecule has 3 aromatic carbocycles. The van der Waals surface area contributed by atoms with E-state index in [0.717, 1.165) is 47.9 Å². The molecule has 0 spiro atoms. The maximum Gasteiger partial charge on any atom is 0.133 e. The summed E-state index contributed by atoms with van der Waals surface area (Å²) in [4.78, 5) is 0. The maximum atomic E-state index is 5.91. The molecule has 0 unspecified atom stereocenters. The molecule has 4 heteroatoms. The summed E-state index contributed by atoms with van der Waals surface area (Å²) < 4.78 is 7.94. The van der Waals surface area contributed by atoms with Crippen molar-refractivity contribution in [1.29, 1.82) is 0 Å². The normalized spacial score (nSPS) is 12.4. The monoisotopic (exact) mass is 381 g/mol. The molecule has 0 radical (unpaired) electrons. The zero-order valence-electron chi connectivity index (χ0n) is 16.2. The number of aromatic nitrogens is 2. The molecule has 4 aromatic rings. The van der Waals surface area contributed by atoms with Crippen LogP contribution in [0.1, 0.15) is 22.4 Å². The quantitative estimate of drug-likeness (QED) is 0.510. The van der Waals surface area contributed by atoms with Crippen LogP contribution in [-0.4, -0.2) is 16.3 Å². The number of ether oxygens (including phenoxy) is 1. The van der Waals surface area contributed by atoms with Crippen molar-refractivity contribution in [2.24, 2.45) is 0 Å². The van der Waals surface area contributed by atoms with Crippen LogP contribution in [0.25, 0.3) is 5.69 Å². The van der Waals surface area contributed by atoms with Gasteiger partial charge in [-0.05, 0) is 41.8 Å². The van der Waals surface area contributed by atoms with Gasteiger partial charge < -0.3 is 10.1 Å². The summed E-state index contributed by atoms with van der Waals surface area (Å²) in [7, 11) is 0. The molecule has 0 aliphatic carbocycles. The van der Waals surface area contributed by atoms with Crippen LogP contribution in [0.2, 0.25) is 0 Å². The first kappa shape index (κ1) is 17.6. The molecule has 1 N–H and O–H groups in total. The van der Waals surface area contributed by atoms with Gasteiger partial charge >= 0.3 is 0 Å². The molecule has 2 heterocycles. The van der Waals surface area contributed by atoms with E-state index in [9.17, 15) is 0 Å². The Morgan fingerprint density at radius 1 is 0.828 bits per heavy atom. The van der Waals surface area contributed by atoms with E-state index in [2.05, 4.69) is 59.9 Å². The highest BCUT2D eigenvalue weighted by molar-refractivity contribution is 5.58. The Hall–Kier alpha value is -3.53. The Kier molecular flexibility index (Phi) is 4.75. The molecule has 0 amide bonds. The number of hydrogen-bond acceptors (Lipinski definition) is 3. The number of fused-ring (bicyclic) bond motifs is 1. The highest BCUT2D eigenvalue weighted by Gasteiger charge is 2.23. The Balaban J connectivity index is 1.36. The van der Waals surface area contributed by atoms with E-state index in [0.29, 0.717) is 6.61 Å². The van der Waals surface area contributed by atoms with Gasteiger partial charge in [0, 0.05) is 18.5 Å². The number of hydrogen-bond donors (Lipinski definition) is 1. The molecular weight excluding hydrogens is 358 g/mol. The summed E-state index contributed by atoms with van der Waals surface area (Å²) in [6.07, 6.45) is 1.88. The fraction of sp³-hybridized carbons (Fsp3) is 0.160. The molecule has 5 rings (SSSR count). The lowest BCUT2D eigenvalue weighted by Gasteiger charge is -2.09. The first-order valence-corrected chi connectivity index (χ1v) is 10.0. The Labute approximate surface area is 170 Å². The predicted molar refractivity (Wildman–Crippen MR) is 116 cm³/mol. The summed E-state index contributed by atoms with van der Waals surface area (Å²) >= 11 is 0. The zero-order valence-corrected chi connectivity index (χ0v) is 16.2. The van der Waals surface area contributed by atoms with Gasteiger partial charge in [0.05, 0.1) is 11.4 Å². The third-order valence-corrected chi connectivity index (χ3v) is 5.28. The Morgan fingerprint density at radius 3 is 2.24 bits per heavy atom. The van der Waals surface area contributed by atoms with Gasteiger partial charge in [-0.2, -0.15) is 5.10 Å². The summed E-state index contributed by atoms with van der Waals surface area (Å²) in [6.45, 7) is 1.54. The molecule has 0 atom stereocenters. The standard InChI is InChI=1S/C25H23N3O/c1-3-7-19(8-4-1)17-24-23-15-16-26-25(23)28(27-24)21-11-13-22(14-12-21)29-18-20-9-5-2-6-10-20/h1-14,26H,15-18H2. The van der Waals surface area contributed by atoms with Gasteiger partial charge in [-0.25, -0.2) is 4.68 Å². The second-order valence-corrected chi connectivity index (χ2v) is 7.29. The van der Waals surface area contributed by atoms with Gasteiger partial charge in [0.15, 0.2) is 0 Å². The lowest BCUT2D eigenvalue weighted by atomic mass is 10.1. The van der Waals surface area contributed by atoms with Gasteiger partial charge in [0.2, 0.25) is 0 Å². The van der Waals surface area contributed by atoms with Crippen LogP contribution >= 0.6 is 0 Å². The minimum Gasteiger partial charge on any atom is -0.489 e. The lowest BCUT2D eigenvalue weighted by molar-refractivity contribution is 0.306. The van der Waals surface area contributed by atoms with Gasteiger partial charge in [-0.3, -0.25) is 0 Å². The highest BCUT2D eigenvalue weighted by atomic mass is 16.5. The summed E-state index contributed by atoms with van der Waals surface area (Å²) in [5.74, 6) is 1.98. The number of rotatable bonds is 6. The van der Waals surface area contributed by atoms with E-state index in [1.54, 1.807) is 0 Å². The van der Waals surface area contributed by atoms with Gasteiger partial charge in [0.1, 0.15) is 18.2 Å². The SMILES string of the molecule is c1ccc(COc2ccc(-n3nc(Cc4ccccc4)c4c3NCC4)cc2)cc1. The van der Waals surface area contributed by atoms with Crippen molar-refractivity contribution in [3.8, 4) is 11.4 Å². The molecule has 1 aliphatic rings. The van der Waals surface area contributed by atoms with Crippen LogP contribution in [0.4, 0.5) is 5.82 Å². The molecule has 0 bridgehead atoms. The smallest absolute Gasteiger partial charge is 0.133 e. The molecule has 0 saturated carbocycles. The Bertz CT molecular complexity index is 1090. The molecule has 144 valence electrons. The van der Waals surface area contributed by atoms with Crippen molar-refractivity contribution in [3.63, 3.8) is 0 Å². The average molecular weight is 381 g/mol. The maximum absolute atomic E-state index is 5.91. The van der Waals surface area contributed by atoms with E-state index < -0.39 is 0 Å². The fourth-order valence-corrected chi connectivity index (χ4v) is 3.79. The fourth-order valence-electron chi connectivity index (χ4n) is 3.79. The van der Waals surface area contributed by atoms with Crippen LogP contribution in [0.15, 0.2) is 84.9 Å². The van der Waals surface area contributed by atoms with Crippen molar-refractivity contribution in [2.75, 3.05) is 11.9 Å². The van der Waals surface area contributed by atoms with Gasteiger partial charge in [-0.1, -0.05) is 60.7 Å². The van der Waals surface area contributed by atoms with Crippen LogP contribution in [-0.2, 0) is 19.4 Å². The molecule has 0 saturated heterocycles. The summed E-state index contributed by atoms with van der Waals surface area (Å²) in [5, 5.41) is 8.44. The molecule has 1 aliphatic heterocycles. The van der Waals surface area contributed by atoms with Crippen molar-refractivity contribution in [3.05, 3.63) is 107 Å². The van der Waals surface area contributed by atoms with Gasteiger partial charge in [-0.15, -0.1) is 0 Å². The van der Waals surface area contributed by atoms with Crippen molar-refractivity contribution in [2.45, 2.75) is 19.4 Å². The van der Waals surface area contributed by atoms with Crippen LogP contribution in [0, 0.1) is 0 Å². The van der Waals surface area contributed by atoms with E-state index >= 15 is 0 Å². The van der Waals surface area contributed by atoms with E-state index in [4.69, 9.17) is 9.84 Å². The largest absolute Gasteiger partial charge is 0.489 e. The van der Waals surface area contributed by atoms with Crippen molar-refractivity contribution >= 4 is 5.82 Å². The van der Waals surface area contributed by atoms with Crippen LogP contribution in [0.5, 0.6) is 5.75 Å². The number of nitrogens with one attached hydrogen (secondary N) is 1. The van der Waals surface area contributed by atoms with E-state index in [-0.39, 0.29) is 0 Å². The topological polar surface area (TPSA) is 39.1 Å². The number of benzene rings is 3. The Morgan fingerprint density at radius 2 is 1.52 bits per heavy atom. The third-order valence-electron chi connectivity index (χ3n) is 5.28. The summed E-state index contributed by atoms with van der Waals surface area (Å²) in [6, 6.07) is 28.9. The minimum atomic E-state index is 0.570. The third kappa shape index (κ3) is 3.74.